The van der Waals surface area contributed by atoms with E-state index in [2.05, 4.69) is 11.3 Å². The first-order chi connectivity index (χ1) is 9.94. The van der Waals surface area contributed by atoms with Gasteiger partial charge in [-0.3, -0.25) is 0 Å². The van der Waals surface area contributed by atoms with Crippen molar-refractivity contribution >= 4 is 5.97 Å². The van der Waals surface area contributed by atoms with Gasteiger partial charge in [-0.1, -0.05) is 25.8 Å². The van der Waals surface area contributed by atoms with Crippen LogP contribution < -0.4 is 0 Å². The second-order valence-electron chi connectivity index (χ2n) is 5.24. The number of aliphatic hydroxyl groups is 1. The molecule has 0 saturated heterocycles. The predicted molar refractivity (Wildman–Crippen MR) is 63.7 cm³/mol. The van der Waals surface area contributed by atoms with E-state index < -0.39 is 42.0 Å². The van der Waals surface area contributed by atoms with E-state index in [1.807, 2.05) is 0 Å². The second-order valence-corrected chi connectivity index (χ2v) is 5.24. The summed E-state index contributed by atoms with van der Waals surface area (Å²) >= 11 is 0. The van der Waals surface area contributed by atoms with E-state index in [0.717, 1.165) is 19.3 Å². The van der Waals surface area contributed by atoms with Crippen LogP contribution in [0.2, 0.25) is 0 Å². The van der Waals surface area contributed by atoms with Crippen molar-refractivity contribution in [2.45, 2.75) is 56.7 Å². The van der Waals surface area contributed by atoms with Gasteiger partial charge in [0.25, 0.3) is 6.10 Å². The summed E-state index contributed by atoms with van der Waals surface area (Å²) in [5.41, 5.74) is -0.787. The van der Waals surface area contributed by atoms with Crippen LogP contribution in [0, 0.1) is 5.92 Å². The van der Waals surface area contributed by atoms with E-state index in [0.29, 0.717) is 12.8 Å². The van der Waals surface area contributed by atoms with Crippen LogP contribution in [0.1, 0.15) is 32.1 Å². The summed E-state index contributed by atoms with van der Waals surface area (Å²) in [7, 11) is 0. The summed E-state index contributed by atoms with van der Waals surface area (Å²) in [5.74, 6) is -2.30. The van der Waals surface area contributed by atoms with Crippen molar-refractivity contribution in [2.75, 3.05) is 0 Å². The quantitative estimate of drug-likeness (QED) is 0.486. The maximum atomic E-state index is 12.3. The molecule has 1 atom stereocenters. The van der Waals surface area contributed by atoms with Crippen LogP contribution in [0.4, 0.5) is 26.3 Å². The van der Waals surface area contributed by atoms with Gasteiger partial charge in [-0.2, -0.15) is 26.3 Å². The van der Waals surface area contributed by atoms with Crippen LogP contribution in [0.3, 0.4) is 0 Å². The minimum Gasteiger partial charge on any atom is -0.439 e. The van der Waals surface area contributed by atoms with Gasteiger partial charge in [0.1, 0.15) is 0 Å². The fraction of sp³-hybridized carbons (Fsp3) is 0.769. The molecule has 1 rings (SSSR count). The molecule has 3 nitrogen and oxygen atoms in total. The number of halogens is 6. The van der Waals surface area contributed by atoms with Crippen molar-refractivity contribution < 1.29 is 41.0 Å². The lowest BCUT2D eigenvalue weighted by Gasteiger charge is -2.28. The molecule has 1 N–H and O–H groups in total. The molecule has 0 bridgehead atoms. The highest BCUT2D eigenvalue weighted by Gasteiger charge is 2.60. The van der Waals surface area contributed by atoms with E-state index in [4.69, 9.17) is 0 Å². The third kappa shape index (κ3) is 4.89. The average Bonchev–Trinajstić information content (AvgIpc) is 2.41. The fourth-order valence-corrected chi connectivity index (χ4v) is 2.36. The number of alkyl halides is 6. The number of carbonyl (C=O) groups excluding carboxylic acids is 1. The molecule has 0 spiro atoms. The van der Waals surface area contributed by atoms with Crippen molar-refractivity contribution in [3.63, 3.8) is 0 Å². The van der Waals surface area contributed by atoms with Gasteiger partial charge in [-0.15, -0.1) is 0 Å². The molecule has 0 aromatic rings. The minimum absolute atomic E-state index is 0.413. The SMILES string of the molecule is C=C(C(=O)OC(C(F)(F)F)C(F)(F)F)[C@H](O)C1CCCCC1. The molecule has 128 valence electrons. The van der Waals surface area contributed by atoms with Crippen LogP contribution in [0.15, 0.2) is 12.2 Å². The van der Waals surface area contributed by atoms with E-state index in [1.54, 1.807) is 0 Å². The number of ether oxygens (including phenoxy) is 1. The molecule has 1 aliphatic carbocycles. The minimum atomic E-state index is -5.79. The predicted octanol–water partition coefficient (Wildman–Crippen LogP) is 3.52. The van der Waals surface area contributed by atoms with Gasteiger partial charge in [0.2, 0.25) is 0 Å². The number of rotatable bonds is 4. The van der Waals surface area contributed by atoms with Crippen LogP contribution in [0.25, 0.3) is 0 Å². The van der Waals surface area contributed by atoms with Gasteiger partial charge in [-0.25, -0.2) is 4.79 Å². The Labute approximate surface area is 122 Å². The molecule has 22 heavy (non-hydrogen) atoms. The summed E-state index contributed by atoms with van der Waals surface area (Å²) in [4.78, 5) is 11.4. The largest absolute Gasteiger partial charge is 0.439 e. The summed E-state index contributed by atoms with van der Waals surface area (Å²) in [6.45, 7) is 3.09. The lowest BCUT2D eigenvalue weighted by atomic mass is 9.83. The Kier molecular flexibility index (Phi) is 5.89. The average molecular weight is 334 g/mol. The molecule has 0 aromatic carbocycles. The number of aliphatic hydroxyl groups excluding tert-OH is 1. The Morgan fingerprint density at radius 3 is 1.91 bits per heavy atom. The summed E-state index contributed by atoms with van der Waals surface area (Å²) in [6, 6.07) is 0. The van der Waals surface area contributed by atoms with E-state index in [9.17, 15) is 36.2 Å². The van der Waals surface area contributed by atoms with Crippen LogP contribution in [-0.2, 0) is 9.53 Å². The van der Waals surface area contributed by atoms with Crippen molar-refractivity contribution in [3.8, 4) is 0 Å². The molecule has 1 saturated carbocycles. The lowest BCUT2D eigenvalue weighted by Crippen LogP contribution is -2.46. The van der Waals surface area contributed by atoms with Gasteiger partial charge in [0.05, 0.1) is 11.7 Å². The normalized spacial score (nSPS) is 19.1. The number of esters is 1. The third-order valence-corrected chi connectivity index (χ3v) is 3.54. The van der Waals surface area contributed by atoms with Gasteiger partial charge in [0.15, 0.2) is 0 Å². The molecule has 0 aromatic heterocycles. The molecular weight excluding hydrogens is 318 g/mol. The van der Waals surface area contributed by atoms with Crippen molar-refractivity contribution in [1.29, 1.82) is 0 Å². The van der Waals surface area contributed by atoms with Crippen LogP contribution in [-0.4, -0.2) is 35.6 Å². The molecule has 0 amide bonds. The molecular formula is C13H16F6O3. The van der Waals surface area contributed by atoms with E-state index in [-0.39, 0.29) is 0 Å². The second kappa shape index (κ2) is 6.89. The molecule has 0 unspecified atom stereocenters. The van der Waals surface area contributed by atoms with Crippen molar-refractivity contribution in [2.24, 2.45) is 5.92 Å². The topological polar surface area (TPSA) is 46.5 Å². The lowest BCUT2D eigenvalue weighted by molar-refractivity contribution is -0.312. The monoisotopic (exact) mass is 334 g/mol. The van der Waals surface area contributed by atoms with Crippen molar-refractivity contribution in [3.05, 3.63) is 12.2 Å². The van der Waals surface area contributed by atoms with E-state index in [1.165, 1.54) is 0 Å². The number of hydrogen-bond donors (Lipinski definition) is 1. The van der Waals surface area contributed by atoms with Gasteiger partial charge < -0.3 is 9.84 Å². The van der Waals surface area contributed by atoms with Crippen LogP contribution >= 0.6 is 0 Å². The van der Waals surface area contributed by atoms with Gasteiger partial charge >= 0.3 is 18.3 Å². The molecule has 9 heteroatoms. The first-order valence-electron chi connectivity index (χ1n) is 6.66. The maximum Gasteiger partial charge on any atom is 0.434 e. The zero-order chi connectivity index (χ0) is 17.1. The van der Waals surface area contributed by atoms with Crippen molar-refractivity contribution in [1.82, 2.24) is 0 Å². The Balaban J connectivity index is 2.75. The molecule has 0 aliphatic heterocycles. The fourth-order valence-electron chi connectivity index (χ4n) is 2.36. The molecule has 0 heterocycles. The highest BCUT2D eigenvalue weighted by atomic mass is 19.4. The maximum absolute atomic E-state index is 12.3. The Morgan fingerprint density at radius 2 is 1.50 bits per heavy atom. The smallest absolute Gasteiger partial charge is 0.434 e. The number of hydrogen-bond acceptors (Lipinski definition) is 3. The van der Waals surface area contributed by atoms with E-state index >= 15 is 0 Å². The highest BCUT2D eigenvalue weighted by molar-refractivity contribution is 5.89. The first kappa shape index (κ1) is 18.8. The number of carbonyl (C=O) groups is 1. The highest BCUT2D eigenvalue weighted by Crippen LogP contribution is 2.37. The summed E-state index contributed by atoms with van der Waals surface area (Å²) in [5, 5.41) is 9.87. The summed E-state index contributed by atoms with van der Waals surface area (Å²) < 4.78 is 77.3. The van der Waals surface area contributed by atoms with Gasteiger partial charge in [0, 0.05) is 0 Å². The zero-order valence-electron chi connectivity index (χ0n) is 11.5. The first-order valence-corrected chi connectivity index (χ1v) is 6.66. The molecule has 1 aliphatic rings. The van der Waals surface area contributed by atoms with Crippen LogP contribution in [0.5, 0.6) is 0 Å². The Bertz CT molecular complexity index is 395. The molecule has 0 radical (unpaired) electrons. The third-order valence-electron chi connectivity index (χ3n) is 3.54. The zero-order valence-corrected chi connectivity index (χ0v) is 11.5. The Morgan fingerprint density at radius 1 is 1.05 bits per heavy atom. The standard InChI is InChI=1S/C13H16F6O3/c1-7(9(20)8-5-3-2-4-6-8)10(21)22-11(12(14,15)16)13(17,18)19/h8-9,11,20H,1-6H2/t9-/m0/s1. The Hall–Kier alpha value is -1.25. The molecule has 1 fully saturated rings. The summed E-state index contributed by atoms with van der Waals surface area (Å²) in [6.07, 6.45) is -13.8. The van der Waals surface area contributed by atoms with Gasteiger partial charge in [-0.05, 0) is 18.8 Å².